The first-order valence-electron chi connectivity index (χ1n) is 13.4. The molecule has 43 heavy (non-hydrogen) atoms. The van der Waals surface area contributed by atoms with Crippen molar-refractivity contribution in [2.75, 3.05) is 0 Å². The summed E-state index contributed by atoms with van der Waals surface area (Å²) in [5.41, 5.74) is 13.7. The fraction of sp³-hybridized carbons (Fsp3) is 0.310. The van der Waals surface area contributed by atoms with E-state index in [0.717, 1.165) is 16.5 Å². The zero-order valence-electron chi connectivity index (χ0n) is 23.1. The Bertz CT molecular complexity index is 1470. The molecular formula is C29H34N6O8. The minimum atomic E-state index is -1.61. The topological polar surface area (TPSA) is 247 Å². The minimum absolute atomic E-state index is 0.0269. The lowest BCUT2D eigenvalue weighted by Crippen LogP contribution is -2.58. The van der Waals surface area contributed by atoms with Crippen molar-refractivity contribution in [3.63, 3.8) is 0 Å². The summed E-state index contributed by atoms with van der Waals surface area (Å²) in [4.78, 5) is 76.9. The molecular weight excluding hydrogens is 560 g/mol. The summed E-state index contributed by atoms with van der Waals surface area (Å²) in [6.07, 6.45) is 0.158. The van der Waals surface area contributed by atoms with Crippen LogP contribution in [0.25, 0.3) is 10.9 Å². The Hall–Kier alpha value is -5.24. The zero-order chi connectivity index (χ0) is 31.5. The van der Waals surface area contributed by atoms with Gasteiger partial charge in [-0.1, -0.05) is 48.5 Å². The average molecular weight is 595 g/mol. The molecule has 3 rings (SSSR count). The molecule has 3 aromatic rings. The first-order valence-corrected chi connectivity index (χ1v) is 13.4. The molecule has 14 heteroatoms. The second-order valence-corrected chi connectivity index (χ2v) is 9.98. The second kappa shape index (κ2) is 15.1. The summed E-state index contributed by atoms with van der Waals surface area (Å²) < 4.78 is 0. The number of hydrogen-bond acceptors (Lipinski definition) is 7. The number of fused-ring (bicyclic) bond motifs is 1. The van der Waals surface area contributed by atoms with E-state index >= 15 is 0 Å². The first-order chi connectivity index (χ1) is 20.4. The lowest BCUT2D eigenvalue weighted by atomic mass is 10.0. The molecule has 14 nitrogen and oxygen atoms in total. The molecule has 0 fully saturated rings. The van der Waals surface area contributed by atoms with Gasteiger partial charge in [-0.15, -0.1) is 0 Å². The lowest BCUT2D eigenvalue weighted by molar-refractivity contribution is -0.143. The number of primary amides is 1. The quantitative estimate of drug-likeness (QED) is 0.107. The van der Waals surface area contributed by atoms with Crippen molar-refractivity contribution in [3.05, 3.63) is 71.9 Å². The van der Waals surface area contributed by atoms with E-state index in [1.165, 1.54) is 0 Å². The molecule has 1 aromatic heterocycles. The molecule has 0 aliphatic carbocycles. The van der Waals surface area contributed by atoms with E-state index in [2.05, 4.69) is 20.9 Å². The van der Waals surface area contributed by atoms with Crippen LogP contribution in [0.3, 0.4) is 0 Å². The molecule has 0 bridgehead atoms. The molecule has 2 aromatic carbocycles. The van der Waals surface area contributed by atoms with Crippen LogP contribution in [-0.4, -0.2) is 74.9 Å². The maximum Gasteiger partial charge on any atom is 0.326 e. The number of aliphatic carboxylic acids is 2. The van der Waals surface area contributed by atoms with Gasteiger partial charge in [-0.25, -0.2) is 4.79 Å². The SMILES string of the molecule is NC(=O)CC(NC(=O)C(Cc1c[nH]c2ccccc12)NC(=O)C(N)Cc1ccccc1)C(=O)NC(CCC(=O)O)C(=O)O. The molecule has 0 saturated heterocycles. The number of benzene rings is 2. The molecule has 0 saturated carbocycles. The summed E-state index contributed by atoms with van der Waals surface area (Å²) in [5, 5.41) is 26.2. The van der Waals surface area contributed by atoms with Crippen molar-refractivity contribution in [3.8, 4) is 0 Å². The highest BCUT2D eigenvalue weighted by atomic mass is 16.4. The molecule has 0 aliphatic rings. The zero-order valence-corrected chi connectivity index (χ0v) is 23.1. The highest BCUT2D eigenvalue weighted by Gasteiger charge is 2.32. The Balaban J connectivity index is 1.82. The highest BCUT2D eigenvalue weighted by Crippen LogP contribution is 2.19. The summed E-state index contributed by atoms with van der Waals surface area (Å²) in [7, 11) is 0. The molecule has 4 unspecified atom stereocenters. The Labute approximate surface area is 246 Å². The minimum Gasteiger partial charge on any atom is -0.481 e. The molecule has 228 valence electrons. The van der Waals surface area contributed by atoms with Crippen LogP contribution in [0.1, 0.15) is 30.4 Å². The van der Waals surface area contributed by atoms with Gasteiger partial charge in [0.2, 0.25) is 23.6 Å². The number of carboxylic acids is 2. The third-order valence-corrected chi connectivity index (χ3v) is 6.67. The molecule has 0 aliphatic heterocycles. The molecule has 1 heterocycles. The van der Waals surface area contributed by atoms with Crippen molar-refractivity contribution >= 4 is 46.5 Å². The van der Waals surface area contributed by atoms with E-state index in [4.69, 9.17) is 16.6 Å². The number of nitrogens with one attached hydrogen (secondary N) is 4. The first kappa shape index (κ1) is 32.3. The number of amides is 4. The van der Waals surface area contributed by atoms with Crippen molar-refractivity contribution in [1.82, 2.24) is 20.9 Å². The Morgan fingerprint density at radius 2 is 1.37 bits per heavy atom. The Morgan fingerprint density at radius 1 is 0.767 bits per heavy atom. The standard InChI is InChI=1S/C29H34N6O8/c30-19(12-16-6-2-1-3-7-16)26(39)34-22(13-17-15-32-20-9-5-4-8-18(17)20)27(40)35-23(14-24(31)36)28(41)33-21(29(42)43)10-11-25(37)38/h1-9,15,19,21-23,32H,10-14,30H2,(H2,31,36)(H,33,41)(H,34,39)(H,35,40)(H,37,38)(H,42,43). The van der Waals surface area contributed by atoms with E-state index in [0.29, 0.717) is 5.56 Å². The summed E-state index contributed by atoms with van der Waals surface area (Å²) in [6, 6.07) is 10.8. The fourth-order valence-electron chi connectivity index (χ4n) is 4.45. The highest BCUT2D eigenvalue weighted by molar-refractivity contribution is 5.96. The van der Waals surface area contributed by atoms with E-state index in [1.807, 2.05) is 24.3 Å². The van der Waals surface area contributed by atoms with Crippen LogP contribution in [0.2, 0.25) is 0 Å². The van der Waals surface area contributed by atoms with E-state index in [9.17, 15) is 33.9 Å². The van der Waals surface area contributed by atoms with Gasteiger partial charge in [0.1, 0.15) is 18.1 Å². The number of H-pyrrole nitrogens is 1. The van der Waals surface area contributed by atoms with Crippen molar-refractivity contribution < 1.29 is 39.0 Å². The molecule has 0 spiro atoms. The summed E-state index contributed by atoms with van der Waals surface area (Å²) >= 11 is 0. The monoisotopic (exact) mass is 594 g/mol. The number of rotatable bonds is 16. The van der Waals surface area contributed by atoms with Crippen molar-refractivity contribution in [1.29, 1.82) is 0 Å². The summed E-state index contributed by atoms with van der Waals surface area (Å²) in [5.74, 6) is -6.31. The average Bonchev–Trinajstić information content (AvgIpc) is 3.37. The number of nitrogens with two attached hydrogens (primary N) is 2. The van der Waals surface area contributed by atoms with Gasteiger partial charge in [-0.3, -0.25) is 24.0 Å². The van der Waals surface area contributed by atoms with Gasteiger partial charge in [0.05, 0.1) is 12.5 Å². The number of carbonyl (C=O) groups excluding carboxylic acids is 4. The van der Waals surface area contributed by atoms with Gasteiger partial charge >= 0.3 is 11.9 Å². The lowest BCUT2D eigenvalue weighted by Gasteiger charge is -2.25. The number of aromatic amines is 1. The smallest absolute Gasteiger partial charge is 0.326 e. The predicted octanol–water partition coefficient (Wildman–Crippen LogP) is -0.440. The molecule has 10 N–H and O–H groups in total. The Morgan fingerprint density at radius 3 is 2.02 bits per heavy atom. The van der Waals surface area contributed by atoms with Crippen LogP contribution < -0.4 is 27.4 Å². The van der Waals surface area contributed by atoms with E-state index in [-0.39, 0.29) is 12.8 Å². The van der Waals surface area contributed by atoms with Crippen LogP contribution in [0.5, 0.6) is 0 Å². The number of hydrogen-bond donors (Lipinski definition) is 8. The number of carbonyl (C=O) groups is 6. The number of carboxylic acid groups (broad SMARTS) is 2. The normalized spacial score (nSPS) is 13.7. The maximum absolute atomic E-state index is 13.5. The third-order valence-electron chi connectivity index (χ3n) is 6.67. The third kappa shape index (κ3) is 9.67. The van der Waals surface area contributed by atoms with Gasteiger partial charge < -0.3 is 42.6 Å². The van der Waals surface area contributed by atoms with Gasteiger partial charge in [0.15, 0.2) is 0 Å². The summed E-state index contributed by atoms with van der Waals surface area (Å²) in [6.45, 7) is 0. The van der Waals surface area contributed by atoms with Crippen molar-refractivity contribution in [2.45, 2.75) is 56.3 Å². The maximum atomic E-state index is 13.5. The second-order valence-electron chi connectivity index (χ2n) is 9.98. The fourth-order valence-corrected chi connectivity index (χ4v) is 4.45. The Kier molecular flexibility index (Phi) is 11.3. The van der Waals surface area contributed by atoms with Crippen LogP contribution in [0.4, 0.5) is 0 Å². The van der Waals surface area contributed by atoms with Gasteiger partial charge in [0, 0.05) is 29.9 Å². The van der Waals surface area contributed by atoms with Crippen molar-refractivity contribution in [2.24, 2.45) is 11.5 Å². The van der Waals surface area contributed by atoms with Crippen LogP contribution >= 0.6 is 0 Å². The largest absolute Gasteiger partial charge is 0.481 e. The number of para-hydroxylation sites is 1. The number of aromatic nitrogens is 1. The van der Waals surface area contributed by atoms with E-state index < -0.39 is 79.0 Å². The van der Waals surface area contributed by atoms with Gasteiger partial charge in [-0.05, 0) is 30.0 Å². The van der Waals surface area contributed by atoms with E-state index in [1.54, 1.807) is 36.5 Å². The molecule has 0 radical (unpaired) electrons. The van der Waals surface area contributed by atoms with Gasteiger partial charge in [-0.2, -0.15) is 0 Å². The van der Waals surface area contributed by atoms with Crippen LogP contribution in [0.15, 0.2) is 60.8 Å². The molecule has 4 atom stereocenters. The molecule has 4 amide bonds. The van der Waals surface area contributed by atoms with Crippen LogP contribution in [-0.2, 0) is 41.6 Å². The predicted molar refractivity (Wildman–Crippen MR) is 154 cm³/mol. The van der Waals surface area contributed by atoms with Gasteiger partial charge in [0.25, 0.3) is 0 Å². The van der Waals surface area contributed by atoms with Crippen LogP contribution in [0, 0.1) is 0 Å².